The molecule has 0 aromatic rings. The van der Waals surface area contributed by atoms with E-state index in [0.29, 0.717) is 12.8 Å². The SMILES string of the molecule is CCCC/C=C\C/C=C\CCCCCCCC(=O)NC(COC1OC(CO)C(OC2OC(CO)C(OC3OC(CO)C(O)C(O)C3O)C(O)C2O)C(O)C1O)C(O)/C=C/CC/C=C/CC/C=C/CCCCCCCC. The van der Waals surface area contributed by atoms with Crippen molar-refractivity contribution >= 4 is 5.91 Å². The summed E-state index contributed by atoms with van der Waals surface area (Å²) in [6.07, 6.45) is 16.4. The minimum absolute atomic E-state index is 0.213. The third kappa shape index (κ3) is 24.6. The lowest BCUT2D eigenvalue weighted by molar-refractivity contribution is -0.379. The normalized spacial score (nSPS) is 31.7. The van der Waals surface area contributed by atoms with Crippen molar-refractivity contribution in [1.82, 2.24) is 5.32 Å². The molecule has 3 heterocycles. The summed E-state index contributed by atoms with van der Waals surface area (Å²) in [5.74, 6) is -0.308. The predicted octanol–water partition coefficient (Wildman–Crippen LogP) is 3.70. The average molecular weight is 1070 g/mol. The van der Waals surface area contributed by atoms with Gasteiger partial charge in [0.15, 0.2) is 18.9 Å². The van der Waals surface area contributed by atoms with Gasteiger partial charge in [0.25, 0.3) is 0 Å². The van der Waals surface area contributed by atoms with E-state index >= 15 is 0 Å². The second kappa shape index (κ2) is 39.8. The molecule has 0 aromatic carbocycles. The fourth-order valence-corrected chi connectivity index (χ4v) is 9.06. The fourth-order valence-electron chi connectivity index (χ4n) is 9.06. The minimum Gasteiger partial charge on any atom is -0.394 e. The topological polar surface area (TPSA) is 307 Å². The Morgan fingerprint density at radius 3 is 1.45 bits per heavy atom. The van der Waals surface area contributed by atoms with E-state index < -0.39 is 124 Å². The fraction of sp³-hybridized carbons (Fsp3) is 0.804. The smallest absolute Gasteiger partial charge is 0.220 e. The van der Waals surface area contributed by atoms with E-state index in [-0.39, 0.29) is 18.9 Å². The number of aliphatic hydroxyl groups excluding tert-OH is 11. The van der Waals surface area contributed by atoms with Gasteiger partial charge in [0, 0.05) is 6.42 Å². The van der Waals surface area contributed by atoms with Crippen LogP contribution in [0.3, 0.4) is 0 Å². The van der Waals surface area contributed by atoms with E-state index in [2.05, 4.69) is 67.8 Å². The first-order valence-electron chi connectivity index (χ1n) is 28.0. The van der Waals surface area contributed by atoms with Crippen molar-refractivity contribution in [2.75, 3.05) is 26.4 Å². The molecule has 0 radical (unpaired) electrons. The van der Waals surface area contributed by atoms with Crippen molar-refractivity contribution in [2.24, 2.45) is 0 Å². The second-order valence-electron chi connectivity index (χ2n) is 20.0. The zero-order chi connectivity index (χ0) is 54.8. The Kier molecular flexibility index (Phi) is 35.4. The van der Waals surface area contributed by atoms with Crippen molar-refractivity contribution in [2.45, 2.75) is 259 Å². The van der Waals surface area contributed by atoms with Gasteiger partial charge in [-0.25, -0.2) is 0 Å². The summed E-state index contributed by atoms with van der Waals surface area (Å²) in [5, 5.41) is 120. The van der Waals surface area contributed by atoms with Crippen LogP contribution in [0.1, 0.15) is 155 Å². The van der Waals surface area contributed by atoms with E-state index in [9.17, 15) is 61.0 Å². The summed E-state index contributed by atoms with van der Waals surface area (Å²) in [5.41, 5.74) is 0. The molecule has 3 aliphatic rings. The first-order valence-corrected chi connectivity index (χ1v) is 28.0. The summed E-state index contributed by atoms with van der Waals surface area (Å²) in [4.78, 5) is 13.3. The summed E-state index contributed by atoms with van der Waals surface area (Å²) < 4.78 is 34.1. The average Bonchev–Trinajstić information content (AvgIpc) is 3.41. The maximum Gasteiger partial charge on any atom is 0.220 e. The highest BCUT2D eigenvalue weighted by molar-refractivity contribution is 5.76. The molecule has 3 rings (SSSR count). The van der Waals surface area contributed by atoms with Crippen LogP contribution in [0.25, 0.3) is 0 Å². The molecule has 0 bridgehead atoms. The summed E-state index contributed by atoms with van der Waals surface area (Å²) in [7, 11) is 0. The largest absolute Gasteiger partial charge is 0.394 e. The molecule has 3 saturated heterocycles. The molecule has 434 valence electrons. The van der Waals surface area contributed by atoms with Crippen LogP contribution in [0.15, 0.2) is 60.8 Å². The van der Waals surface area contributed by atoms with Gasteiger partial charge in [-0.1, -0.05) is 139 Å². The van der Waals surface area contributed by atoms with E-state index in [4.69, 9.17) is 28.4 Å². The Morgan fingerprint density at radius 2 is 0.907 bits per heavy atom. The van der Waals surface area contributed by atoms with Crippen LogP contribution < -0.4 is 5.32 Å². The highest BCUT2D eigenvalue weighted by atomic mass is 16.8. The molecule has 19 nitrogen and oxygen atoms in total. The predicted molar refractivity (Wildman–Crippen MR) is 282 cm³/mol. The van der Waals surface area contributed by atoms with Gasteiger partial charge in [-0.05, 0) is 70.6 Å². The highest BCUT2D eigenvalue weighted by Gasteiger charge is 2.53. The first kappa shape index (κ1) is 66.8. The third-order valence-electron chi connectivity index (χ3n) is 13.8. The quantitative estimate of drug-likeness (QED) is 0.0309. The van der Waals surface area contributed by atoms with Crippen molar-refractivity contribution in [3.05, 3.63) is 60.8 Å². The third-order valence-corrected chi connectivity index (χ3v) is 13.8. The second-order valence-corrected chi connectivity index (χ2v) is 20.0. The van der Waals surface area contributed by atoms with Crippen LogP contribution in [-0.2, 0) is 33.2 Å². The van der Waals surface area contributed by atoms with Crippen molar-refractivity contribution in [1.29, 1.82) is 0 Å². The number of amides is 1. The monoisotopic (exact) mass is 1070 g/mol. The van der Waals surface area contributed by atoms with Gasteiger partial charge in [0.05, 0.1) is 38.6 Å². The van der Waals surface area contributed by atoms with Gasteiger partial charge in [-0.2, -0.15) is 0 Å². The molecule has 3 fully saturated rings. The number of ether oxygens (including phenoxy) is 6. The number of allylic oxidation sites excluding steroid dienone is 9. The van der Waals surface area contributed by atoms with Gasteiger partial charge >= 0.3 is 0 Å². The summed E-state index contributed by atoms with van der Waals surface area (Å²) in [6, 6.07) is -1.00. The van der Waals surface area contributed by atoms with Crippen molar-refractivity contribution in [3.63, 3.8) is 0 Å². The molecular weight excluding hydrogens is 975 g/mol. The van der Waals surface area contributed by atoms with Crippen molar-refractivity contribution < 1.29 is 89.4 Å². The molecule has 12 N–H and O–H groups in total. The first-order chi connectivity index (χ1) is 36.3. The number of aliphatic hydroxyl groups is 11. The Labute approximate surface area is 445 Å². The molecule has 0 spiro atoms. The lowest BCUT2D eigenvalue weighted by Gasteiger charge is -2.48. The number of hydrogen-bond acceptors (Lipinski definition) is 18. The number of carbonyl (C=O) groups is 1. The lowest BCUT2D eigenvalue weighted by Crippen LogP contribution is -2.66. The van der Waals surface area contributed by atoms with Crippen LogP contribution in [-0.4, -0.2) is 193 Å². The van der Waals surface area contributed by atoms with Crippen LogP contribution in [0.2, 0.25) is 0 Å². The number of nitrogens with one attached hydrogen (secondary N) is 1. The Bertz CT molecular complexity index is 1610. The molecule has 17 unspecified atom stereocenters. The van der Waals surface area contributed by atoms with Crippen LogP contribution in [0.5, 0.6) is 0 Å². The van der Waals surface area contributed by atoms with E-state index in [0.717, 1.165) is 70.6 Å². The molecule has 3 aliphatic heterocycles. The standard InChI is InChI=1S/C56H97NO18/c1-3-5-7-9-11-13-15-17-19-20-21-23-25-27-29-31-33-40(61)39(57-44(62)34-32-30-28-26-24-22-18-16-14-12-10-8-6-4-2)38-70-54-50(68)47(65)52(42(36-59)72-54)75-56-51(69)48(66)53(43(37-60)73-56)74-55-49(67)46(64)45(63)41(35-58)71-55/h10,12,16-19,23,25,31,33,39-43,45-56,58-61,63-69H,3-9,11,13-15,20-22,24,26-30,32,34-38H2,1-2H3,(H,57,62)/b12-10-,18-16-,19-17+,25-23+,33-31+. The lowest BCUT2D eigenvalue weighted by atomic mass is 9.96. The molecule has 0 saturated carbocycles. The Morgan fingerprint density at radius 1 is 0.480 bits per heavy atom. The van der Waals surface area contributed by atoms with E-state index in [1.54, 1.807) is 6.08 Å². The van der Waals surface area contributed by atoms with Crippen LogP contribution in [0.4, 0.5) is 0 Å². The summed E-state index contributed by atoms with van der Waals surface area (Å²) in [6.45, 7) is 1.59. The molecule has 75 heavy (non-hydrogen) atoms. The molecule has 1 amide bonds. The molecule has 17 atom stereocenters. The maximum absolute atomic E-state index is 13.3. The van der Waals surface area contributed by atoms with Crippen LogP contribution in [0, 0.1) is 0 Å². The zero-order valence-corrected chi connectivity index (χ0v) is 44.8. The van der Waals surface area contributed by atoms with Crippen LogP contribution >= 0.6 is 0 Å². The summed E-state index contributed by atoms with van der Waals surface area (Å²) >= 11 is 0. The minimum atomic E-state index is -1.98. The highest BCUT2D eigenvalue weighted by Crippen LogP contribution is 2.33. The van der Waals surface area contributed by atoms with Gasteiger partial charge in [-0.3, -0.25) is 4.79 Å². The number of carbonyl (C=O) groups excluding carboxylic acids is 1. The van der Waals surface area contributed by atoms with Crippen molar-refractivity contribution in [3.8, 4) is 0 Å². The van der Waals surface area contributed by atoms with Gasteiger partial charge in [0.2, 0.25) is 5.91 Å². The van der Waals surface area contributed by atoms with Gasteiger partial charge < -0.3 is 89.9 Å². The molecule has 0 aromatic heterocycles. The number of rotatable bonds is 39. The maximum atomic E-state index is 13.3. The Hall–Kier alpha value is -2.51. The van der Waals surface area contributed by atoms with Gasteiger partial charge in [-0.15, -0.1) is 0 Å². The van der Waals surface area contributed by atoms with E-state index in [1.807, 2.05) is 6.08 Å². The van der Waals surface area contributed by atoms with E-state index in [1.165, 1.54) is 51.4 Å². The molecule has 19 heteroatoms. The molecular formula is C56H97NO18. The van der Waals surface area contributed by atoms with Gasteiger partial charge in [0.1, 0.15) is 73.2 Å². The number of unbranched alkanes of at least 4 members (excludes halogenated alkanes) is 15. The molecule has 0 aliphatic carbocycles. The zero-order valence-electron chi connectivity index (χ0n) is 44.8. The number of hydrogen-bond donors (Lipinski definition) is 12. The Balaban J connectivity index is 1.56.